The summed E-state index contributed by atoms with van der Waals surface area (Å²) in [4.78, 5) is 8.89. The SMILES string of the molecule is CC(C)c1nc(-c2cnc3ccc(-c4cn[nH]c4-c4ccccc4F)cn23)no1.Cl.Cl.Cl. The normalized spacial score (nSPS) is 10.5. The summed E-state index contributed by atoms with van der Waals surface area (Å²) in [6.07, 6.45) is 5.31. The van der Waals surface area contributed by atoms with Crippen molar-refractivity contribution >= 4 is 42.9 Å². The van der Waals surface area contributed by atoms with Gasteiger partial charge in [-0.15, -0.1) is 37.2 Å². The van der Waals surface area contributed by atoms with Crippen LogP contribution in [0.3, 0.4) is 0 Å². The van der Waals surface area contributed by atoms with Crippen molar-refractivity contribution in [2.24, 2.45) is 0 Å². The van der Waals surface area contributed by atoms with Gasteiger partial charge in [-0.3, -0.25) is 9.50 Å². The molecule has 0 saturated heterocycles. The number of pyridine rings is 1. The molecule has 5 rings (SSSR count). The van der Waals surface area contributed by atoms with Gasteiger partial charge in [0.25, 0.3) is 0 Å². The molecule has 0 amide bonds. The number of fused-ring (bicyclic) bond motifs is 1. The number of aromatic nitrogens is 6. The van der Waals surface area contributed by atoms with Gasteiger partial charge < -0.3 is 4.52 Å². The predicted molar refractivity (Wildman–Crippen MR) is 127 cm³/mol. The van der Waals surface area contributed by atoms with E-state index in [1.54, 1.807) is 30.6 Å². The average Bonchev–Trinajstić information content (AvgIpc) is 3.46. The molecule has 1 N–H and O–H groups in total. The van der Waals surface area contributed by atoms with Crippen LogP contribution in [0.1, 0.15) is 25.7 Å². The second-order valence-electron chi connectivity index (χ2n) is 7.04. The third-order valence-corrected chi connectivity index (χ3v) is 4.76. The van der Waals surface area contributed by atoms with Crippen LogP contribution in [0.2, 0.25) is 0 Å². The van der Waals surface area contributed by atoms with Gasteiger partial charge in [-0.05, 0) is 24.3 Å². The molecular weight excluding hydrogens is 478 g/mol. The van der Waals surface area contributed by atoms with Gasteiger partial charge in [0, 0.05) is 28.8 Å². The molecule has 0 spiro atoms. The molecule has 0 aliphatic rings. The Labute approximate surface area is 201 Å². The minimum atomic E-state index is -0.310. The molecule has 0 atom stereocenters. The third kappa shape index (κ3) is 4.34. The first kappa shape index (κ1) is 25.3. The monoisotopic (exact) mass is 496 g/mol. The molecule has 1 aromatic carbocycles. The molecule has 0 radical (unpaired) electrons. The van der Waals surface area contributed by atoms with E-state index in [0.29, 0.717) is 28.7 Å². The van der Waals surface area contributed by atoms with E-state index >= 15 is 0 Å². The second kappa shape index (κ2) is 10.1. The van der Waals surface area contributed by atoms with Crippen LogP contribution in [0, 0.1) is 5.82 Å². The minimum Gasteiger partial charge on any atom is -0.339 e. The predicted octanol–water partition coefficient (Wildman–Crippen LogP) is 5.97. The maximum atomic E-state index is 14.3. The molecule has 0 saturated carbocycles. The summed E-state index contributed by atoms with van der Waals surface area (Å²) in [5, 5.41) is 11.1. The van der Waals surface area contributed by atoms with E-state index in [1.807, 2.05) is 36.6 Å². The lowest BCUT2D eigenvalue weighted by molar-refractivity contribution is 0.365. The summed E-state index contributed by atoms with van der Waals surface area (Å²) < 4.78 is 21.5. The van der Waals surface area contributed by atoms with E-state index in [4.69, 9.17) is 4.52 Å². The number of nitrogens with zero attached hydrogens (tertiary/aromatic N) is 5. The van der Waals surface area contributed by atoms with Gasteiger partial charge >= 0.3 is 0 Å². The summed E-state index contributed by atoms with van der Waals surface area (Å²) in [5.41, 5.74) is 4.18. The molecule has 0 fully saturated rings. The van der Waals surface area contributed by atoms with Gasteiger partial charge in [0.15, 0.2) is 0 Å². The molecule has 4 heterocycles. The highest BCUT2D eigenvalue weighted by Crippen LogP contribution is 2.32. The number of aromatic amines is 1. The van der Waals surface area contributed by atoms with Gasteiger partial charge in [-0.1, -0.05) is 31.1 Å². The number of imidazole rings is 1. The molecule has 7 nitrogen and oxygen atoms in total. The Balaban J connectivity index is 0.00000121. The first-order valence-electron chi connectivity index (χ1n) is 9.21. The van der Waals surface area contributed by atoms with Gasteiger partial charge in [0.1, 0.15) is 17.2 Å². The Morgan fingerprint density at radius 2 is 1.78 bits per heavy atom. The number of hydrogen-bond acceptors (Lipinski definition) is 5. The van der Waals surface area contributed by atoms with Crippen molar-refractivity contribution in [3.8, 4) is 33.9 Å². The summed E-state index contributed by atoms with van der Waals surface area (Å²) in [6, 6.07) is 10.4. The largest absolute Gasteiger partial charge is 0.339 e. The molecule has 0 aliphatic heterocycles. The Kier molecular flexibility index (Phi) is 8.01. The maximum Gasteiger partial charge on any atom is 0.229 e. The van der Waals surface area contributed by atoms with Crippen LogP contribution in [-0.2, 0) is 0 Å². The van der Waals surface area contributed by atoms with Crippen LogP contribution in [-0.4, -0.2) is 29.7 Å². The van der Waals surface area contributed by atoms with E-state index in [1.165, 1.54) is 6.07 Å². The highest BCUT2D eigenvalue weighted by Gasteiger charge is 2.17. The summed E-state index contributed by atoms with van der Waals surface area (Å²) >= 11 is 0. The lowest BCUT2D eigenvalue weighted by Crippen LogP contribution is -1.93. The van der Waals surface area contributed by atoms with E-state index in [2.05, 4.69) is 25.3 Å². The Hall–Kier alpha value is -2.94. The molecule has 0 unspecified atom stereocenters. The lowest BCUT2D eigenvalue weighted by Gasteiger charge is -2.06. The molecule has 168 valence electrons. The fourth-order valence-corrected chi connectivity index (χ4v) is 3.25. The van der Waals surface area contributed by atoms with Crippen molar-refractivity contribution in [2.45, 2.75) is 19.8 Å². The zero-order valence-electron chi connectivity index (χ0n) is 17.0. The smallest absolute Gasteiger partial charge is 0.229 e. The van der Waals surface area contributed by atoms with Crippen LogP contribution in [0.25, 0.3) is 39.5 Å². The molecule has 32 heavy (non-hydrogen) atoms. The molecule has 0 aliphatic carbocycles. The van der Waals surface area contributed by atoms with Gasteiger partial charge in [-0.2, -0.15) is 10.1 Å². The van der Waals surface area contributed by atoms with Gasteiger partial charge in [-0.25, -0.2) is 9.37 Å². The summed E-state index contributed by atoms with van der Waals surface area (Å²) in [5.74, 6) is 0.873. The number of hydrogen-bond donors (Lipinski definition) is 1. The number of rotatable bonds is 4. The zero-order valence-corrected chi connectivity index (χ0v) is 19.5. The van der Waals surface area contributed by atoms with E-state index in [-0.39, 0.29) is 49.0 Å². The van der Waals surface area contributed by atoms with Crippen molar-refractivity contribution in [1.82, 2.24) is 29.7 Å². The van der Waals surface area contributed by atoms with Crippen molar-refractivity contribution in [3.05, 3.63) is 66.7 Å². The van der Waals surface area contributed by atoms with Crippen LogP contribution in [0.15, 0.2) is 59.5 Å². The topological polar surface area (TPSA) is 84.9 Å². The van der Waals surface area contributed by atoms with Gasteiger partial charge in [0.2, 0.25) is 11.7 Å². The Morgan fingerprint density at radius 1 is 1.00 bits per heavy atom. The lowest BCUT2D eigenvalue weighted by atomic mass is 10.0. The minimum absolute atomic E-state index is 0. The standard InChI is InChI=1S/C21H17FN6O.3ClH/c1-12(2)21-25-20(27-29-21)17-10-23-18-8-7-13(11-28(17)18)15-9-24-26-19(15)14-5-3-4-6-16(14)22;;;/h3-12H,1-2H3,(H,24,26);3*1H. The van der Waals surface area contributed by atoms with E-state index in [0.717, 1.165) is 16.8 Å². The fourth-order valence-electron chi connectivity index (χ4n) is 3.25. The van der Waals surface area contributed by atoms with Crippen LogP contribution in [0.5, 0.6) is 0 Å². The van der Waals surface area contributed by atoms with Crippen LogP contribution >= 0.6 is 37.2 Å². The highest BCUT2D eigenvalue weighted by atomic mass is 35.5. The first-order chi connectivity index (χ1) is 14.1. The Morgan fingerprint density at radius 3 is 2.50 bits per heavy atom. The zero-order chi connectivity index (χ0) is 20.0. The van der Waals surface area contributed by atoms with Gasteiger partial charge in [0.05, 0.1) is 18.1 Å². The second-order valence-corrected chi connectivity index (χ2v) is 7.04. The van der Waals surface area contributed by atoms with Crippen molar-refractivity contribution in [1.29, 1.82) is 0 Å². The fraction of sp³-hybridized carbons (Fsp3) is 0.143. The number of H-pyrrole nitrogens is 1. The van der Waals surface area contributed by atoms with Crippen molar-refractivity contribution in [2.75, 3.05) is 0 Å². The third-order valence-electron chi connectivity index (χ3n) is 4.76. The first-order valence-corrected chi connectivity index (χ1v) is 9.21. The summed E-state index contributed by atoms with van der Waals surface area (Å²) in [7, 11) is 0. The molecule has 5 aromatic rings. The van der Waals surface area contributed by atoms with E-state index in [9.17, 15) is 4.39 Å². The molecule has 0 bridgehead atoms. The average molecular weight is 498 g/mol. The van der Waals surface area contributed by atoms with Crippen LogP contribution in [0.4, 0.5) is 4.39 Å². The number of benzene rings is 1. The molecule has 11 heteroatoms. The Bertz CT molecular complexity index is 1330. The van der Waals surface area contributed by atoms with Crippen molar-refractivity contribution in [3.63, 3.8) is 0 Å². The summed E-state index contributed by atoms with van der Waals surface area (Å²) in [6.45, 7) is 3.99. The quantitative estimate of drug-likeness (QED) is 0.331. The number of nitrogens with one attached hydrogen (secondary N) is 1. The molecule has 4 aromatic heterocycles. The van der Waals surface area contributed by atoms with E-state index < -0.39 is 0 Å². The number of halogens is 4. The highest BCUT2D eigenvalue weighted by molar-refractivity contribution is 5.86. The molecular formula is C21H20Cl3FN6O. The maximum absolute atomic E-state index is 14.3. The van der Waals surface area contributed by atoms with Crippen LogP contribution < -0.4 is 0 Å². The van der Waals surface area contributed by atoms with Crippen molar-refractivity contribution < 1.29 is 8.91 Å².